The number of nitrogens with one attached hydrogen (secondary N) is 3. The Hall–Kier alpha value is -3.64. The Balaban J connectivity index is 1.67. The fourth-order valence-corrected chi connectivity index (χ4v) is 3.00. The van der Waals surface area contributed by atoms with Gasteiger partial charge in [0, 0.05) is 27.6 Å². The van der Waals surface area contributed by atoms with E-state index in [4.69, 9.17) is 11.6 Å². The van der Waals surface area contributed by atoms with Crippen LogP contribution in [-0.4, -0.2) is 18.0 Å². The van der Waals surface area contributed by atoms with Gasteiger partial charge in [0.2, 0.25) is 0 Å². The van der Waals surface area contributed by atoms with Crippen molar-refractivity contribution in [2.45, 2.75) is 20.8 Å². The molecule has 7 heteroatoms. The van der Waals surface area contributed by atoms with E-state index in [1.54, 1.807) is 18.2 Å². The van der Waals surface area contributed by atoms with Crippen LogP contribution in [0.1, 0.15) is 22.3 Å². The van der Waals surface area contributed by atoms with Gasteiger partial charge in [0.1, 0.15) is 0 Å². The van der Waals surface area contributed by atoms with E-state index >= 15 is 0 Å². The van der Waals surface area contributed by atoms with Gasteiger partial charge in [0.05, 0.1) is 6.21 Å². The molecule has 0 aliphatic heterocycles. The normalized spacial score (nSPS) is 10.7. The molecular formula is C24H23ClN4O2. The fourth-order valence-electron chi connectivity index (χ4n) is 2.82. The average Bonchev–Trinajstić information content (AvgIpc) is 2.74. The number of hydrazone groups is 1. The van der Waals surface area contributed by atoms with Crippen molar-refractivity contribution in [1.82, 2.24) is 5.43 Å². The third kappa shape index (κ3) is 5.93. The summed E-state index contributed by atoms with van der Waals surface area (Å²) in [7, 11) is 0. The van der Waals surface area contributed by atoms with Crippen LogP contribution in [0.15, 0.2) is 65.8 Å². The minimum Gasteiger partial charge on any atom is -0.355 e. The lowest BCUT2D eigenvalue weighted by Gasteiger charge is -2.11. The molecule has 0 heterocycles. The van der Waals surface area contributed by atoms with Gasteiger partial charge in [0.25, 0.3) is 0 Å². The standard InChI is InChI=1S/C24H23ClN4O2/c1-15-7-10-20(11-8-15)27-22-12-9-19(25)13-18(22)14-26-29-24(31)23(30)28-21-6-4-5-16(2)17(21)3/h4-14,27H,1-3H3,(H,28,30)(H,29,31)/b26-14-. The molecule has 31 heavy (non-hydrogen) atoms. The number of anilines is 3. The molecule has 0 saturated carbocycles. The number of halogens is 1. The fraction of sp³-hybridized carbons (Fsp3) is 0.125. The summed E-state index contributed by atoms with van der Waals surface area (Å²) in [4.78, 5) is 24.3. The highest BCUT2D eigenvalue weighted by Crippen LogP contribution is 2.23. The molecule has 3 rings (SSSR count). The van der Waals surface area contributed by atoms with Crippen LogP contribution in [0.5, 0.6) is 0 Å². The third-order valence-electron chi connectivity index (χ3n) is 4.77. The van der Waals surface area contributed by atoms with E-state index in [2.05, 4.69) is 21.2 Å². The monoisotopic (exact) mass is 434 g/mol. The molecule has 0 aliphatic rings. The molecule has 0 saturated heterocycles. The maximum Gasteiger partial charge on any atom is 0.329 e. The van der Waals surface area contributed by atoms with Crippen molar-refractivity contribution in [3.05, 3.63) is 87.9 Å². The van der Waals surface area contributed by atoms with Crippen LogP contribution < -0.4 is 16.1 Å². The molecule has 0 unspecified atom stereocenters. The first-order chi connectivity index (χ1) is 14.8. The van der Waals surface area contributed by atoms with E-state index in [1.807, 2.05) is 63.2 Å². The molecule has 0 spiro atoms. The van der Waals surface area contributed by atoms with Crippen molar-refractivity contribution in [1.29, 1.82) is 0 Å². The van der Waals surface area contributed by atoms with Gasteiger partial charge >= 0.3 is 11.8 Å². The van der Waals surface area contributed by atoms with Crippen molar-refractivity contribution in [2.24, 2.45) is 5.10 Å². The van der Waals surface area contributed by atoms with Crippen LogP contribution in [-0.2, 0) is 9.59 Å². The number of carbonyl (C=O) groups is 2. The van der Waals surface area contributed by atoms with Gasteiger partial charge in [-0.3, -0.25) is 9.59 Å². The first-order valence-corrected chi connectivity index (χ1v) is 10.0. The minimum atomic E-state index is -0.868. The second kappa shape index (κ2) is 9.91. The molecule has 3 aromatic carbocycles. The average molecular weight is 435 g/mol. The molecule has 0 aliphatic carbocycles. The third-order valence-corrected chi connectivity index (χ3v) is 5.01. The predicted molar refractivity (Wildman–Crippen MR) is 126 cm³/mol. The zero-order chi connectivity index (χ0) is 22.4. The summed E-state index contributed by atoms with van der Waals surface area (Å²) in [6.07, 6.45) is 1.44. The van der Waals surface area contributed by atoms with Gasteiger partial charge in [0.15, 0.2) is 0 Å². The van der Waals surface area contributed by atoms with E-state index in [-0.39, 0.29) is 0 Å². The Labute approximate surface area is 186 Å². The molecule has 2 amide bonds. The zero-order valence-corrected chi connectivity index (χ0v) is 18.2. The molecule has 0 radical (unpaired) electrons. The number of amides is 2. The number of carbonyl (C=O) groups excluding carboxylic acids is 2. The van der Waals surface area contributed by atoms with Crippen LogP contribution in [0, 0.1) is 20.8 Å². The molecule has 158 valence electrons. The highest BCUT2D eigenvalue weighted by molar-refractivity contribution is 6.39. The number of nitrogens with zero attached hydrogens (tertiary/aromatic N) is 1. The first-order valence-electron chi connectivity index (χ1n) is 9.67. The van der Waals surface area contributed by atoms with Crippen LogP contribution >= 0.6 is 11.6 Å². The van der Waals surface area contributed by atoms with Crippen LogP contribution in [0.3, 0.4) is 0 Å². The second-order valence-electron chi connectivity index (χ2n) is 7.12. The van der Waals surface area contributed by atoms with Gasteiger partial charge in [-0.1, -0.05) is 41.4 Å². The minimum absolute atomic E-state index is 0.523. The summed E-state index contributed by atoms with van der Waals surface area (Å²) >= 11 is 6.11. The largest absolute Gasteiger partial charge is 0.355 e. The van der Waals surface area contributed by atoms with Gasteiger partial charge in [-0.05, 0) is 68.3 Å². The van der Waals surface area contributed by atoms with Gasteiger partial charge < -0.3 is 10.6 Å². The summed E-state index contributed by atoms with van der Waals surface area (Å²) in [5.41, 5.74) is 8.23. The predicted octanol–water partition coefficient (Wildman–Crippen LogP) is 5.10. The second-order valence-corrected chi connectivity index (χ2v) is 7.56. The van der Waals surface area contributed by atoms with Crippen LogP contribution in [0.2, 0.25) is 5.02 Å². The molecule has 3 aromatic rings. The van der Waals surface area contributed by atoms with Crippen molar-refractivity contribution in [3.8, 4) is 0 Å². The van der Waals surface area contributed by atoms with Gasteiger partial charge in [-0.2, -0.15) is 5.10 Å². The SMILES string of the molecule is Cc1ccc(Nc2ccc(Cl)cc2/C=N\NC(=O)C(=O)Nc2cccc(C)c2C)cc1. The summed E-state index contributed by atoms with van der Waals surface area (Å²) < 4.78 is 0. The Kier molecular flexibility index (Phi) is 7.05. The lowest BCUT2D eigenvalue weighted by Crippen LogP contribution is -2.32. The summed E-state index contributed by atoms with van der Waals surface area (Å²) in [6, 6.07) is 18.7. The maximum atomic E-state index is 12.2. The summed E-state index contributed by atoms with van der Waals surface area (Å²) in [5.74, 6) is -1.66. The van der Waals surface area contributed by atoms with Crippen LogP contribution in [0.4, 0.5) is 17.1 Å². The molecule has 0 aromatic heterocycles. The molecule has 0 bridgehead atoms. The highest BCUT2D eigenvalue weighted by Gasteiger charge is 2.14. The van der Waals surface area contributed by atoms with Crippen LogP contribution in [0.25, 0.3) is 0 Å². The first kappa shape index (κ1) is 22.1. The van der Waals surface area contributed by atoms with E-state index in [0.29, 0.717) is 16.3 Å². The molecular weight excluding hydrogens is 412 g/mol. The van der Waals surface area contributed by atoms with Crippen molar-refractivity contribution in [3.63, 3.8) is 0 Å². The van der Waals surface area contributed by atoms with Crippen molar-refractivity contribution in [2.75, 3.05) is 10.6 Å². The number of aryl methyl sites for hydroxylation is 2. The smallest absolute Gasteiger partial charge is 0.329 e. The molecule has 6 nitrogen and oxygen atoms in total. The quantitative estimate of drug-likeness (QED) is 0.297. The molecule has 3 N–H and O–H groups in total. The molecule has 0 fully saturated rings. The number of rotatable bonds is 5. The van der Waals surface area contributed by atoms with Gasteiger partial charge in [-0.15, -0.1) is 0 Å². The van der Waals surface area contributed by atoms with E-state index in [9.17, 15) is 9.59 Å². The van der Waals surface area contributed by atoms with Gasteiger partial charge in [-0.25, -0.2) is 5.43 Å². The number of hydrogen-bond donors (Lipinski definition) is 3. The summed E-state index contributed by atoms with van der Waals surface area (Å²) in [5, 5.41) is 10.3. The maximum absolute atomic E-state index is 12.2. The lowest BCUT2D eigenvalue weighted by atomic mass is 10.1. The van der Waals surface area contributed by atoms with E-state index in [0.717, 1.165) is 28.1 Å². The Morgan fingerprint density at radius 1 is 0.903 bits per heavy atom. The van der Waals surface area contributed by atoms with E-state index < -0.39 is 11.8 Å². The number of benzene rings is 3. The Bertz CT molecular complexity index is 1140. The topological polar surface area (TPSA) is 82.6 Å². The highest BCUT2D eigenvalue weighted by atomic mass is 35.5. The zero-order valence-electron chi connectivity index (χ0n) is 17.5. The van der Waals surface area contributed by atoms with Crippen molar-refractivity contribution < 1.29 is 9.59 Å². The summed E-state index contributed by atoms with van der Waals surface area (Å²) in [6.45, 7) is 5.83. The molecule has 0 atom stereocenters. The van der Waals surface area contributed by atoms with Crippen molar-refractivity contribution >= 4 is 46.7 Å². The lowest BCUT2D eigenvalue weighted by molar-refractivity contribution is -0.136. The Morgan fingerprint density at radius 2 is 1.65 bits per heavy atom. The van der Waals surface area contributed by atoms with E-state index in [1.165, 1.54) is 6.21 Å². The number of hydrogen-bond acceptors (Lipinski definition) is 4. The Morgan fingerprint density at radius 3 is 2.39 bits per heavy atom.